The Hall–Kier alpha value is -2.86. The van der Waals surface area contributed by atoms with E-state index in [1.807, 2.05) is 55.4 Å². The molecule has 3 aromatic rings. The van der Waals surface area contributed by atoms with Gasteiger partial charge in [0.2, 0.25) is 0 Å². The Morgan fingerprint density at radius 3 is 2.80 bits per heavy atom. The Kier molecular flexibility index (Phi) is 5.00. The summed E-state index contributed by atoms with van der Waals surface area (Å²) in [6, 6.07) is 13.2. The third-order valence-corrected chi connectivity index (χ3v) is 3.95. The monoisotopic (exact) mass is 338 g/mol. The van der Waals surface area contributed by atoms with Crippen LogP contribution in [-0.4, -0.2) is 55.1 Å². The molecule has 25 heavy (non-hydrogen) atoms. The summed E-state index contributed by atoms with van der Waals surface area (Å²) < 4.78 is 5.39. The number of para-hydroxylation sites is 1. The predicted molar refractivity (Wildman–Crippen MR) is 99.0 cm³/mol. The number of hydrogen-bond donors (Lipinski definition) is 2. The van der Waals surface area contributed by atoms with Crippen molar-refractivity contribution in [3.05, 3.63) is 48.0 Å². The van der Waals surface area contributed by atoms with Crippen LogP contribution in [0.25, 0.3) is 22.4 Å². The van der Waals surface area contributed by atoms with Crippen LogP contribution in [0.2, 0.25) is 0 Å². The van der Waals surface area contributed by atoms with Crippen molar-refractivity contribution in [3.63, 3.8) is 0 Å². The molecule has 0 aliphatic heterocycles. The Bertz CT molecular complexity index is 886. The third-order valence-electron chi connectivity index (χ3n) is 3.95. The molecule has 1 aromatic heterocycles. The van der Waals surface area contributed by atoms with Gasteiger partial charge in [0.1, 0.15) is 11.6 Å². The van der Waals surface area contributed by atoms with Crippen molar-refractivity contribution in [2.24, 2.45) is 0 Å². The van der Waals surface area contributed by atoms with E-state index in [-0.39, 0.29) is 5.91 Å². The van der Waals surface area contributed by atoms with E-state index < -0.39 is 0 Å². The largest absolute Gasteiger partial charge is 0.496 e. The molecule has 6 nitrogen and oxygen atoms in total. The molecule has 3 rings (SSSR count). The second kappa shape index (κ2) is 7.36. The first-order valence-corrected chi connectivity index (χ1v) is 8.14. The van der Waals surface area contributed by atoms with Crippen molar-refractivity contribution < 1.29 is 9.53 Å². The van der Waals surface area contributed by atoms with E-state index in [1.54, 1.807) is 13.2 Å². The number of carbonyl (C=O) groups excluding carboxylic acids is 1. The highest BCUT2D eigenvalue weighted by Gasteiger charge is 2.12. The molecule has 2 aromatic carbocycles. The molecule has 0 aliphatic carbocycles. The average Bonchev–Trinajstić information content (AvgIpc) is 3.04. The molecule has 6 heteroatoms. The van der Waals surface area contributed by atoms with E-state index in [1.165, 1.54) is 0 Å². The van der Waals surface area contributed by atoms with E-state index in [4.69, 9.17) is 4.74 Å². The van der Waals surface area contributed by atoms with Gasteiger partial charge in [-0.1, -0.05) is 12.1 Å². The van der Waals surface area contributed by atoms with Crippen molar-refractivity contribution >= 4 is 16.9 Å². The van der Waals surface area contributed by atoms with Crippen LogP contribution in [0.3, 0.4) is 0 Å². The van der Waals surface area contributed by atoms with Crippen LogP contribution in [0.5, 0.6) is 5.75 Å². The van der Waals surface area contributed by atoms with Gasteiger partial charge in [0, 0.05) is 18.7 Å². The number of rotatable bonds is 6. The summed E-state index contributed by atoms with van der Waals surface area (Å²) in [6.07, 6.45) is 0. The molecule has 1 amide bonds. The maximum Gasteiger partial charge on any atom is 0.251 e. The summed E-state index contributed by atoms with van der Waals surface area (Å²) >= 11 is 0. The summed E-state index contributed by atoms with van der Waals surface area (Å²) in [5, 5.41) is 2.92. The number of H-pyrrole nitrogens is 1. The number of ether oxygens (including phenoxy) is 1. The van der Waals surface area contributed by atoms with E-state index >= 15 is 0 Å². The number of nitrogens with zero attached hydrogens (tertiary/aromatic N) is 2. The number of imidazole rings is 1. The van der Waals surface area contributed by atoms with Gasteiger partial charge in [-0.25, -0.2) is 4.98 Å². The fourth-order valence-electron chi connectivity index (χ4n) is 2.61. The zero-order valence-electron chi connectivity index (χ0n) is 14.7. The maximum atomic E-state index is 12.3. The molecule has 130 valence electrons. The number of aromatic nitrogens is 2. The lowest BCUT2D eigenvalue weighted by Gasteiger charge is -2.10. The van der Waals surface area contributed by atoms with Gasteiger partial charge in [0.15, 0.2) is 0 Å². The molecule has 0 aliphatic rings. The smallest absolute Gasteiger partial charge is 0.251 e. The summed E-state index contributed by atoms with van der Waals surface area (Å²) in [4.78, 5) is 22.2. The Morgan fingerprint density at radius 2 is 2.04 bits per heavy atom. The fourth-order valence-corrected chi connectivity index (χ4v) is 2.61. The molecular weight excluding hydrogens is 316 g/mol. The molecule has 0 fully saturated rings. The van der Waals surface area contributed by atoms with Crippen molar-refractivity contribution in [2.75, 3.05) is 34.3 Å². The van der Waals surface area contributed by atoms with Crippen molar-refractivity contribution in [1.29, 1.82) is 0 Å². The normalized spacial score (nSPS) is 11.0. The fraction of sp³-hybridized carbons (Fsp3) is 0.263. The molecule has 1 heterocycles. The molecule has 0 saturated heterocycles. The molecule has 0 radical (unpaired) electrons. The first kappa shape index (κ1) is 17.0. The van der Waals surface area contributed by atoms with Crippen LogP contribution >= 0.6 is 0 Å². The van der Waals surface area contributed by atoms with E-state index in [0.29, 0.717) is 12.1 Å². The van der Waals surface area contributed by atoms with Gasteiger partial charge < -0.3 is 19.9 Å². The zero-order valence-corrected chi connectivity index (χ0v) is 14.7. The van der Waals surface area contributed by atoms with Gasteiger partial charge in [-0.2, -0.15) is 0 Å². The summed E-state index contributed by atoms with van der Waals surface area (Å²) in [5.74, 6) is 1.39. The highest BCUT2D eigenvalue weighted by Crippen LogP contribution is 2.29. The minimum absolute atomic E-state index is 0.0859. The van der Waals surface area contributed by atoms with Crippen LogP contribution in [-0.2, 0) is 0 Å². The molecule has 2 N–H and O–H groups in total. The molecule has 0 atom stereocenters. The number of aromatic amines is 1. The highest BCUT2D eigenvalue weighted by atomic mass is 16.5. The van der Waals surface area contributed by atoms with Gasteiger partial charge in [-0.3, -0.25) is 4.79 Å². The first-order valence-electron chi connectivity index (χ1n) is 8.14. The zero-order chi connectivity index (χ0) is 17.8. The molecule has 0 unspecified atom stereocenters. The van der Waals surface area contributed by atoms with Crippen LogP contribution in [0.4, 0.5) is 0 Å². The lowest BCUT2D eigenvalue weighted by atomic mass is 10.2. The Labute approximate surface area is 146 Å². The number of hydrogen-bond acceptors (Lipinski definition) is 4. The number of likely N-dealkylation sites (N-methyl/N-ethyl adjacent to an activating group) is 1. The van der Waals surface area contributed by atoms with Crippen LogP contribution < -0.4 is 10.1 Å². The van der Waals surface area contributed by atoms with Crippen molar-refractivity contribution in [2.45, 2.75) is 0 Å². The second-order valence-corrected chi connectivity index (χ2v) is 6.08. The van der Waals surface area contributed by atoms with Crippen molar-refractivity contribution in [3.8, 4) is 17.1 Å². The molecular formula is C19H22N4O2. The summed E-state index contributed by atoms with van der Waals surface area (Å²) in [7, 11) is 5.59. The third kappa shape index (κ3) is 3.80. The quantitative estimate of drug-likeness (QED) is 0.725. The van der Waals surface area contributed by atoms with Gasteiger partial charge in [0.05, 0.1) is 23.7 Å². The molecule has 0 saturated carbocycles. The van der Waals surface area contributed by atoms with Gasteiger partial charge in [0.25, 0.3) is 5.91 Å². The highest BCUT2D eigenvalue weighted by molar-refractivity contribution is 5.97. The summed E-state index contributed by atoms with van der Waals surface area (Å²) in [6.45, 7) is 1.41. The number of benzene rings is 2. The van der Waals surface area contributed by atoms with Gasteiger partial charge in [-0.05, 0) is 44.4 Å². The lowest BCUT2D eigenvalue weighted by Crippen LogP contribution is -2.31. The van der Waals surface area contributed by atoms with Crippen LogP contribution in [0, 0.1) is 0 Å². The van der Waals surface area contributed by atoms with E-state index in [9.17, 15) is 4.79 Å². The SMILES string of the molecule is COc1ccccc1-c1nc2ccc(C(=O)NCCN(C)C)cc2[nH]1. The minimum Gasteiger partial charge on any atom is -0.496 e. The predicted octanol–water partition coefficient (Wildman–Crippen LogP) is 2.53. The lowest BCUT2D eigenvalue weighted by molar-refractivity contribution is 0.0951. The van der Waals surface area contributed by atoms with Crippen LogP contribution in [0.15, 0.2) is 42.5 Å². The van der Waals surface area contributed by atoms with Crippen LogP contribution in [0.1, 0.15) is 10.4 Å². The Morgan fingerprint density at radius 1 is 1.24 bits per heavy atom. The van der Waals surface area contributed by atoms with E-state index in [2.05, 4.69) is 15.3 Å². The van der Waals surface area contributed by atoms with E-state index in [0.717, 1.165) is 34.7 Å². The number of fused-ring (bicyclic) bond motifs is 1. The number of methoxy groups -OCH3 is 1. The minimum atomic E-state index is -0.0859. The second-order valence-electron chi connectivity index (χ2n) is 6.08. The number of amides is 1. The Balaban J connectivity index is 1.85. The maximum absolute atomic E-state index is 12.3. The molecule has 0 spiro atoms. The number of carbonyl (C=O) groups is 1. The molecule has 0 bridgehead atoms. The standard InChI is InChI=1S/C19H22N4O2/c1-23(2)11-10-20-19(24)13-8-9-15-16(12-13)22-18(21-15)14-6-4-5-7-17(14)25-3/h4-9,12H,10-11H2,1-3H3,(H,20,24)(H,21,22). The topological polar surface area (TPSA) is 70.2 Å². The van der Waals surface area contributed by atoms with Crippen molar-refractivity contribution in [1.82, 2.24) is 20.2 Å². The van der Waals surface area contributed by atoms with Gasteiger partial charge in [-0.15, -0.1) is 0 Å². The number of nitrogens with one attached hydrogen (secondary N) is 2. The average molecular weight is 338 g/mol. The first-order chi connectivity index (χ1) is 12.1. The summed E-state index contributed by atoms with van der Waals surface area (Å²) in [5.41, 5.74) is 3.13. The van der Waals surface area contributed by atoms with Gasteiger partial charge >= 0.3 is 0 Å².